The fourth-order valence-electron chi connectivity index (χ4n) is 3.87. The van der Waals surface area contributed by atoms with Gasteiger partial charge in [0.2, 0.25) is 0 Å². The molecule has 0 bridgehead atoms. The summed E-state index contributed by atoms with van der Waals surface area (Å²) in [6, 6.07) is 9.65. The molecule has 4 rings (SSSR count). The normalized spacial score (nSPS) is 17.3. The van der Waals surface area contributed by atoms with Crippen LogP contribution in [0.4, 0.5) is 0 Å². The van der Waals surface area contributed by atoms with Crippen molar-refractivity contribution < 1.29 is 19.4 Å². The maximum atomic E-state index is 13.0. The van der Waals surface area contributed by atoms with Crippen LogP contribution in [0, 0.1) is 0 Å². The van der Waals surface area contributed by atoms with Crippen LogP contribution in [0.2, 0.25) is 0 Å². The lowest BCUT2D eigenvalue weighted by Gasteiger charge is -2.25. The number of hydrogen-bond acceptors (Lipinski definition) is 6. The Balaban J connectivity index is 1.69. The maximum absolute atomic E-state index is 13.0. The summed E-state index contributed by atoms with van der Waals surface area (Å²) in [4.78, 5) is 35.5. The topological polar surface area (TPSA) is 97.5 Å². The molecule has 0 aliphatic carbocycles. The number of rotatable bonds is 9. The number of aliphatic hydroxyl groups is 1. The number of Topliss-reactive ketones (excluding diaryl/α,β-unsaturated/α-hetero) is 1. The van der Waals surface area contributed by atoms with Gasteiger partial charge in [-0.2, -0.15) is 0 Å². The summed E-state index contributed by atoms with van der Waals surface area (Å²) >= 11 is 0. The third-order valence-electron chi connectivity index (χ3n) is 5.43. The second-order valence-corrected chi connectivity index (χ2v) is 7.55. The number of amides is 1. The summed E-state index contributed by atoms with van der Waals surface area (Å²) < 4.78 is 7.46. The fourth-order valence-corrected chi connectivity index (χ4v) is 3.87. The van der Waals surface area contributed by atoms with Crippen molar-refractivity contribution in [3.63, 3.8) is 0 Å². The van der Waals surface area contributed by atoms with Crippen LogP contribution in [0.15, 0.2) is 85.7 Å². The third-order valence-corrected chi connectivity index (χ3v) is 5.43. The molecule has 1 aromatic carbocycles. The Hall–Kier alpha value is -4.20. The van der Waals surface area contributed by atoms with E-state index < -0.39 is 17.7 Å². The Morgan fingerprint density at radius 2 is 1.82 bits per heavy atom. The van der Waals surface area contributed by atoms with E-state index in [1.807, 2.05) is 10.8 Å². The van der Waals surface area contributed by atoms with Crippen molar-refractivity contribution in [3.8, 4) is 5.75 Å². The Kier molecular flexibility index (Phi) is 6.64. The largest absolute Gasteiger partial charge is 0.507 e. The maximum Gasteiger partial charge on any atom is 0.295 e. The molecule has 0 radical (unpaired) electrons. The first-order valence-electron chi connectivity index (χ1n) is 10.6. The first kappa shape index (κ1) is 22.0. The van der Waals surface area contributed by atoms with E-state index in [4.69, 9.17) is 4.74 Å². The van der Waals surface area contributed by atoms with Gasteiger partial charge < -0.3 is 19.3 Å². The molecular weight excluding hydrogens is 420 g/mol. The summed E-state index contributed by atoms with van der Waals surface area (Å²) in [5.74, 6) is -0.910. The number of likely N-dealkylation sites (tertiary alicyclic amines) is 1. The van der Waals surface area contributed by atoms with Gasteiger partial charge >= 0.3 is 0 Å². The number of nitrogens with zero attached hydrogens (tertiary/aromatic N) is 4. The van der Waals surface area contributed by atoms with Crippen molar-refractivity contribution >= 4 is 17.4 Å². The van der Waals surface area contributed by atoms with E-state index >= 15 is 0 Å². The van der Waals surface area contributed by atoms with E-state index in [1.165, 1.54) is 17.3 Å². The van der Waals surface area contributed by atoms with Gasteiger partial charge in [-0.1, -0.05) is 24.8 Å². The number of aliphatic hydroxyl groups excluding tert-OH is 1. The summed E-state index contributed by atoms with van der Waals surface area (Å²) in [5, 5.41) is 11.0. The molecule has 1 fully saturated rings. The number of aromatic nitrogens is 3. The molecule has 1 unspecified atom stereocenters. The number of benzene rings is 1. The first-order valence-corrected chi connectivity index (χ1v) is 10.6. The van der Waals surface area contributed by atoms with Gasteiger partial charge in [0.25, 0.3) is 11.7 Å². The van der Waals surface area contributed by atoms with Gasteiger partial charge in [0.05, 0.1) is 17.9 Å². The monoisotopic (exact) mass is 444 g/mol. The Morgan fingerprint density at radius 1 is 1.06 bits per heavy atom. The number of hydrogen-bond donors (Lipinski definition) is 1. The van der Waals surface area contributed by atoms with Gasteiger partial charge in [-0.05, 0) is 36.2 Å². The van der Waals surface area contributed by atoms with Gasteiger partial charge in [0, 0.05) is 43.4 Å². The molecule has 8 nitrogen and oxygen atoms in total. The van der Waals surface area contributed by atoms with Crippen LogP contribution in [0.25, 0.3) is 5.76 Å². The minimum atomic E-state index is -0.714. The van der Waals surface area contributed by atoms with Crippen LogP contribution in [-0.4, -0.2) is 49.4 Å². The highest BCUT2D eigenvalue weighted by molar-refractivity contribution is 6.46. The zero-order valence-corrected chi connectivity index (χ0v) is 18.0. The molecule has 1 aliphatic rings. The number of pyridine rings is 1. The molecule has 0 saturated carbocycles. The Morgan fingerprint density at radius 3 is 2.48 bits per heavy atom. The van der Waals surface area contributed by atoms with Crippen LogP contribution in [0.5, 0.6) is 5.75 Å². The smallest absolute Gasteiger partial charge is 0.295 e. The molecule has 3 aromatic rings. The zero-order chi connectivity index (χ0) is 23.2. The Labute approximate surface area is 191 Å². The van der Waals surface area contributed by atoms with Gasteiger partial charge in [-0.25, -0.2) is 4.98 Å². The highest BCUT2D eigenvalue weighted by Gasteiger charge is 2.45. The van der Waals surface area contributed by atoms with Crippen LogP contribution in [0.3, 0.4) is 0 Å². The summed E-state index contributed by atoms with van der Waals surface area (Å²) in [6.45, 7) is 5.00. The average Bonchev–Trinajstić information content (AvgIpc) is 3.45. The van der Waals surface area contributed by atoms with E-state index in [1.54, 1.807) is 55.0 Å². The molecule has 3 heterocycles. The van der Waals surface area contributed by atoms with E-state index in [-0.39, 0.29) is 11.3 Å². The molecule has 1 amide bonds. The molecule has 1 atom stereocenters. The number of ketones is 1. The SMILES string of the molecule is C=CCOc1ccc(C2C(=C(O)c3ccncc3)C(=O)C(=O)N2CCCn2ccnc2)cc1. The molecule has 2 aromatic heterocycles. The van der Waals surface area contributed by atoms with Gasteiger partial charge in [0.15, 0.2) is 0 Å². The number of imidazole rings is 1. The minimum absolute atomic E-state index is 0.0635. The van der Waals surface area contributed by atoms with Crippen molar-refractivity contribution in [2.45, 2.75) is 19.0 Å². The zero-order valence-electron chi connectivity index (χ0n) is 18.0. The van der Waals surface area contributed by atoms with Crippen molar-refractivity contribution in [1.82, 2.24) is 19.4 Å². The molecule has 1 aliphatic heterocycles. The summed E-state index contributed by atoms with van der Waals surface area (Å²) in [7, 11) is 0. The van der Waals surface area contributed by atoms with E-state index in [2.05, 4.69) is 16.5 Å². The number of carbonyl (C=O) groups is 2. The fraction of sp³-hybridized carbons (Fsp3) is 0.200. The summed E-state index contributed by atoms with van der Waals surface area (Å²) in [6.07, 6.45) is 10.6. The van der Waals surface area contributed by atoms with Gasteiger partial charge in [-0.15, -0.1) is 0 Å². The minimum Gasteiger partial charge on any atom is -0.507 e. The molecule has 1 saturated heterocycles. The number of ether oxygens (including phenoxy) is 1. The highest BCUT2D eigenvalue weighted by atomic mass is 16.5. The molecule has 168 valence electrons. The van der Waals surface area contributed by atoms with Crippen LogP contribution < -0.4 is 4.74 Å². The van der Waals surface area contributed by atoms with E-state index in [0.717, 1.165) is 0 Å². The lowest BCUT2D eigenvalue weighted by Crippen LogP contribution is -2.31. The molecular formula is C25H24N4O4. The van der Waals surface area contributed by atoms with Crippen LogP contribution in [-0.2, 0) is 16.1 Å². The number of carbonyl (C=O) groups excluding carboxylic acids is 2. The Bertz CT molecular complexity index is 1150. The number of aryl methyl sites for hydroxylation is 1. The van der Waals surface area contributed by atoms with Crippen LogP contribution >= 0.6 is 0 Å². The van der Waals surface area contributed by atoms with Crippen molar-refractivity contribution in [2.24, 2.45) is 0 Å². The molecule has 33 heavy (non-hydrogen) atoms. The molecule has 0 spiro atoms. The second-order valence-electron chi connectivity index (χ2n) is 7.55. The lowest BCUT2D eigenvalue weighted by molar-refractivity contribution is -0.139. The summed E-state index contributed by atoms with van der Waals surface area (Å²) in [5.41, 5.74) is 1.20. The van der Waals surface area contributed by atoms with Gasteiger partial charge in [-0.3, -0.25) is 14.6 Å². The third kappa shape index (κ3) is 4.69. The van der Waals surface area contributed by atoms with E-state index in [0.29, 0.717) is 43.0 Å². The molecule has 8 heteroatoms. The van der Waals surface area contributed by atoms with Crippen molar-refractivity contribution in [2.75, 3.05) is 13.2 Å². The standard InChI is InChI=1S/C25H24N4O4/c1-2-16-33-20-6-4-18(5-7-20)22-21(23(30)19-8-10-26-11-9-19)24(31)25(32)29(22)14-3-13-28-15-12-27-17-28/h2,4-12,15,17,22,30H,1,3,13-14,16H2. The van der Waals surface area contributed by atoms with Crippen molar-refractivity contribution in [1.29, 1.82) is 0 Å². The first-order chi connectivity index (χ1) is 16.1. The van der Waals surface area contributed by atoms with Gasteiger partial charge in [0.1, 0.15) is 18.1 Å². The lowest BCUT2D eigenvalue weighted by atomic mass is 9.95. The average molecular weight is 444 g/mol. The van der Waals surface area contributed by atoms with Crippen molar-refractivity contribution in [3.05, 3.63) is 96.9 Å². The highest BCUT2D eigenvalue weighted by Crippen LogP contribution is 2.39. The van der Waals surface area contributed by atoms with Crippen LogP contribution in [0.1, 0.15) is 23.6 Å². The predicted molar refractivity (Wildman–Crippen MR) is 122 cm³/mol. The quantitative estimate of drug-likeness (QED) is 0.235. The second kappa shape index (κ2) is 9.95. The molecule has 1 N–H and O–H groups in total. The van der Waals surface area contributed by atoms with E-state index in [9.17, 15) is 14.7 Å². The predicted octanol–water partition coefficient (Wildman–Crippen LogP) is 3.35.